The van der Waals surface area contributed by atoms with Gasteiger partial charge in [-0.25, -0.2) is 18.7 Å². The summed E-state index contributed by atoms with van der Waals surface area (Å²) in [5.41, 5.74) is 0.965. The lowest BCUT2D eigenvalue weighted by Crippen LogP contribution is -2.31. The molecule has 0 atom stereocenters. The van der Waals surface area contributed by atoms with Crippen LogP contribution in [-0.4, -0.2) is 89.0 Å². The van der Waals surface area contributed by atoms with Crippen molar-refractivity contribution < 1.29 is 32.9 Å². The number of anilines is 3. The molecule has 3 N–H and O–H groups in total. The van der Waals surface area contributed by atoms with Crippen LogP contribution >= 0.6 is 0 Å². The van der Waals surface area contributed by atoms with Crippen molar-refractivity contribution in [2.24, 2.45) is 0 Å². The fourth-order valence-corrected chi connectivity index (χ4v) is 4.07. The van der Waals surface area contributed by atoms with Crippen LogP contribution in [0.4, 0.5) is 26.0 Å². The average Bonchev–Trinajstić information content (AvgIpc) is 3.42. The number of methoxy groups -OCH3 is 1. The van der Waals surface area contributed by atoms with E-state index in [4.69, 9.17) is 14.2 Å². The number of hydrogen-bond donors (Lipinski definition) is 3. The van der Waals surface area contributed by atoms with E-state index < -0.39 is 17.5 Å². The zero-order chi connectivity index (χ0) is 29.7. The lowest BCUT2D eigenvalue weighted by molar-refractivity contribution is -0.116. The van der Waals surface area contributed by atoms with Crippen LogP contribution in [0.3, 0.4) is 0 Å². The van der Waals surface area contributed by atoms with Crippen molar-refractivity contribution in [2.45, 2.75) is 13.0 Å². The third kappa shape index (κ3) is 8.88. The summed E-state index contributed by atoms with van der Waals surface area (Å²) in [4.78, 5) is 23.0. The van der Waals surface area contributed by atoms with E-state index in [-0.39, 0.29) is 25.6 Å². The number of hydrogen-bond acceptors (Lipinski definition) is 10. The summed E-state index contributed by atoms with van der Waals surface area (Å²) in [5, 5.41) is 19.5. The molecule has 12 nitrogen and oxygen atoms in total. The van der Waals surface area contributed by atoms with Gasteiger partial charge in [-0.1, -0.05) is 6.07 Å². The van der Waals surface area contributed by atoms with E-state index in [0.29, 0.717) is 42.5 Å². The predicted molar refractivity (Wildman–Crippen MR) is 152 cm³/mol. The Hall–Kier alpha value is -4.24. The van der Waals surface area contributed by atoms with Gasteiger partial charge in [-0.3, -0.25) is 14.4 Å². The van der Waals surface area contributed by atoms with Gasteiger partial charge in [-0.05, 0) is 30.7 Å². The summed E-state index contributed by atoms with van der Waals surface area (Å²) in [6.07, 6.45) is 5.31. The van der Waals surface area contributed by atoms with Gasteiger partial charge in [-0.15, -0.1) is 0 Å². The highest BCUT2D eigenvalue weighted by atomic mass is 19.2. The van der Waals surface area contributed by atoms with Crippen LogP contribution in [0, 0.1) is 11.6 Å². The van der Waals surface area contributed by atoms with Crippen molar-refractivity contribution in [1.29, 1.82) is 0 Å². The molecule has 0 radical (unpaired) electrons. The maximum Gasteiger partial charge on any atom is 0.246 e. The molecule has 1 amide bonds. The molecule has 4 aromatic rings. The number of ether oxygens (including phenoxy) is 3. The number of aromatic nitrogens is 4. The summed E-state index contributed by atoms with van der Waals surface area (Å²) in [6.45, 7) is 3.22. The topological polar surface area (TPSA) is 136 Å². The monoisotopic (exact) mass is 585 g/mol. The summed E-state index contributed by atoms with van der Waals surface area (Å²) in [7, 11) is 1.65. The molecule has 42 heavy (non-hydrogen) atoms. The van der Waals surface area contributed by atoms with Crippen molar-refractivity contribution in [3.8, 4) is 5.75 Å². The third-order valence-electron chi connectivity index (χ3n) is 6.14. The van der Waals surface area contributed by atoms with Crippen LogP contribution in [-0.2, 0) is 20.8 Å². The number of amides is 1. The molecule has 224 valence electrons. The van der Waals surface area contributed by atoms with E-state index in [9.17, 15) is 18.7 Å². The third-order valence-corrected chi connectivity index (χ3v) is 6.14. The first-order valence-electron chi connectivity index (χ1n) is 13.3. The Bertz CT molecular complexity index is 1460. The second-order valence-corrected chi connectivity index (χ2v) is 9.18. The summed E-state index contributed by atoms with van der Waals surface area (Å²) in [5.74, 6) is -1.63. The Morgan fingerprint density at radius 3 is 2.83 bits per heavy atom. The number of aliphatic hydroxyl groups excluding tert-OH is 1. The minimum atomic E-state index is -1.12. The van der Waals surface area contributed by atoms with Gasteiger partial charge in [0.25, 0.3) is 0 Å². The smallest absolute Gasteiger partial charge is 0.246 e. The Labute approximate surface area is 241 Å². The first-order chi connectivity index (χ1) is 20.5. The van der Waals surface area contributed by atoms with Crippen LogP contribution in [0.25, 0.3) is 10.9 Å². The van der Waals surface area contributed by atoms with E-state index >= 15 is 0 Å². The molecule has 2 heterocycles. The Balaban J connectivity index is 1.26. The molecule has 0 aliphatic rings. The molecule has 0 aliphatic carbocycles. The van der Waals surface area contributed by atoms with Crippen molar-refractivity contribution in [3.63, 3.8) is 0 Å². The minimum Gasteiger partial charge on any atom is -0.467 e. The maximum atomic E-state index is 13.8. The average molecular weight is 586 g/mol. The molecule has 4 rings (SSSR count). The molecule has 2 aromatic heterocycles. The maximum absolute atomic E-state index is 13.8. The van der Waals surface area contributed by atoms with Gasteiger partial charge >= 0.3 is 0 Å². The number of rotatable bonds is 17. The van der Waals surface area contributed by atoms with Crippen LogP contribution in [0.5, 0.6) is 5.75 Å². The van der Waals surface area contributed by atoms with Gasteiger partial charge in [-0.2, -0.15) is 5.10 Å². The Morgan fingerprint density at radius 2 is 2.00 bits per heavy atom. The van der Waals surface area contributed by atoms with Crippen LogP contribution in [0.2, 0.25) is 0 Å². The van der Waals surface area contributed by atoms with E-state index in [1.54, 1.807) is 25.4 Å². The molecule has 2 aromatic carbocycles. The molecule has 0 bridgehead atoms. The predicted octanol–water partition coefficient (Wildman–Crippen LogP) is 3.17. The molecule has 0 fully saturated rings. The summed E-state index contributed by atoms with van der Waals surface area (Å²) in [6, 6.07) is 8.93. The fourth-order valence-electron chi connectivity index (χ4n) is 4.07. The van der Waals surface area contributed by atoms with Crippen molar-refractivity contribution in [3.05, 3.63) is 66.8 Å². The molecule has 14 heteroatoms. The van der Waals surface area contributed by atoms with Gasteiger partial charge < -0.3 is 30.0 Å². The number of carbonyl (C=O) groups excluding carboxylic acids is 1. The summed E-state index contributed by atoms with van der Waals surface area (Å²) < 4.78 is 45.0. The Morgan fingerprint density at radius 1 is 1.12 bits per heavy atom. The number of nitrogens with zero attached hydrogens (tertiary/aromatic N) is 5. The van der Waals surface area contributed by atoms with Gasteiger partial charge in [0.15, 0.2) is 18.4 Å². The highest BCUT2D eigenvalue weighted by Gasteiger charge is 2.13. The molecule has 0 aliphatic heterocycles. The number of fused-ring (bicyclic) bond motifs is 1. The van der Waals surface area contributed by atoms with Crippen LogP contribution in [0.15, 0.2) is 55.1 Å². The summed E-state index contributed by atoms with van der Waals surface area (Å²) >= 11 is 0. The standard InChI is InChI=1S/C28H33F2N7O5/c1-40-13-10-36(9-11-38)8-3-12-41-19-42-21-6-7-22-25(14-21)31-18-32-28(22)34-20-15-33-37(16-20)17-26(39)35-24-5-2-4-23(29)27(24)30/h2,4-7,14-16,18,38H,3,8-13,17,19H2,1H3,(H,35,39)(H,31,32,34). The normalized spacial score (nSPS) is 11.3. The molecule has 0 unspecified atom stereocenters. The van der Waals surface area contributed by atoms with Gasteiger partial charge in [0.1, 0.15) is 24.4 Å². The fraction of sp³-hybridized carbons (Fsp3) is 0.357. The number of carbonyl (C=O) groups is 1. The van der Waals surface area contributed by atoms with Crippen molar-refractivity contribution in [2.75, 3.05) is 64.0 Å². The highest BCUT2D eigenvalue weighted by Crippen LogP contribution is 2.26. The van der Waals surface area contributed by atoms with Crippen molar-refractivity contribution >= 4 is 34.0 Å². The van der Waals surface area contributed by atoms with Gasteiger partial charge in [0.05, 0.1) is 42.9 Å². The van der Waals surface area contributed by atoms with E-state index in [0.717, 1.165) is 31.0 Å². The van der Waals surface area contributed by atoms with Crippen LogP contribution < -0.4 is 15.4 Å². The quantitative estimate of drug-likeness (QED) is 0.125. The van der Waals surface area contributed by atoms with Crippen molar-refractivity contribution in [1.82, 2.24) is 24.6 Å². The SMILES string of the molecule is COCCN(CCO)CCCOCOc1ccc2c(Nc3cnn(CC(=O)Nc4cccc(F)c4F)c3)ncnc2c1. The second-order valence-electron chi connectivity index (χ2n) is 9.18. The minimum absolute atomic E-state index is 0.0817. The van der Waals surface area contributed by atoms with E-state index in [1.165, 1.54) is 29.3 Å². The number of aliphatic hydroxyl groups is 1. The zero-order valence-corrected chi connectivity index (χ0v) is 23.1. The molecular formula is C28H33F2N7O5. The largest absolute Gasteiger partial charge is 0.467 e. The van der Waals surface area contributed by atoms with E-state index in [2.05, 4.69) is 30.6 Å². The first-order valence-corrected chi connectivity index (χ1v) is 13.3. The zero-order valence-electron chi connectivity index (χ0n) is 23.1. The van der Waals surface area contributed by atoms with Gasteiger partial charge in [0.2, 0.25) is 5.91 Å². The number of halogens is 2. The molecule has 0 spiro atoms. The number of benzene rings is 2. The lowest BCUT2D eigenvalue weighted by Gasteiger charge is -2.20. The second kappa shape index (κ2) is 15.7. The van der Waals surface area contributed by atoms with Crippen LogP contribution in [0.1, 0.15) is 6.42 Å². The lowest BCUT2D eigenvalue weighted by atomic mass is 10.2. The first kappa shape index (κ1) is 30.7. The Kier molecular flexibility index (Phi) is 11.5. The molecule has 0 saturated heterocycles. The highest BCUT2D eigenvalue weighted by molar-refractivity contribution is 5.92. The van der Waals surface area contributed by atoms with E-state index in [1.807, 2.05) is 6.07 Å². The molecular weight excluding hydrogens is 552 g/mol. The van der Waals surface area contributed by atoms with Gasteiger partial charge in [0, 0.05) is 44.4 Å². The molecule has 0 saturated carbocycles. The number of nitrogens with one attached hydrogen (secondary N) is 2.